The lowest BCUT2D eigenvalue weighted by atomic mass is 10.2. The molecule has 1 N–H and O–H groups in total. The van der Waals surface area contributed by atoms with Gasteiger partial charge in [0.1, 0.15) is 0 Å². The van der Waals surface area contributed by atoms with Crippen molar-refractivity contribution in [2.45, 2.75) is 13.0 Å². The molecule has 0 aliphatic rings. The average Bonchev–Trinajstić information content (AvgIpc) is 2.36. The van der Waals surface area contributed by atoms with Crippen LogP contribution >= 0.6 is 27.5 Å². The lowest BCUT2D eigenvalue weighted by Gasteiger charge is -2.18. The van der Waals surface area contributed by atoms with E-state index >= 15 is 0 Å². The second-order valence-corrected chi connectivity index (χ2v) is 5.17. The first-order chi connectivity index (χ1) is 8.27. The van der Waals surface area contributed by atoms with Gasteiger partial charge in [0, 0.05) is 37.0 Å². The van der Waals surface area contributed by atoms with Crippen LogP contribution in [0.4, 0.5) is 5.69 Å². The molecule has 0 aromatic heterocycles. The molecule has 96 valence electrons. The normalized spacial score (nSPS) is 10.5. The SMILES string of the molecule is CN(CCCl)c1ccc(CNCCCBr)cc1. The summed E-state index contributed by atoms with van der Waals surface area (Å²) < 4.78 is 0. The van der Waals surface area contributed by atoms with Gasteiger partial charge in [-0.05, 0) is 30.7 Å². The summed E-state index contributed by atoms with van der Waals surface area (Å²) in [6.45, 7) is 2.87. The molecule has 2 nitrogen and oxygen atoms in total. The molecule has 1 aromatic rings. The van der Waals surface area contributed by atoms with Gasteiger partial charge in [-0.2, -0.15) is 0 Å². The molecule has 4 heteroatoms. The van der Waals surface area contributed by atoms with Gasteiger partial charge in [0.05, 0.1) is 0 Å². The molecule has 0 unspecified atom stereocenters. The van der Waals surface area contributed by atoms with Gasteiger partial charge < -0.3 is 10.2 Å². The zero-order valence-electron chi connectivity index (χ0n) is 10.3. The molecule has 0 saturated carbocycles. The molecule has 0 amide bonds. The zero-order chi connectivity index (χ0) is 12.5. The fraction of sp³-hybridized carbons (Fsp3) is 0.538. The Hall–Kier alpha value is -0.250. The summed E-state index contributed by atoms with van der Waals surface area (Å²) in [5, 5.41) is 4.47. The minimum absolute atomic E-state index is 0.659. The van der Waals surface area contributed by atoms with E-state index in [0.717, 1.165) is 31.4 Å². The van der Waals surface area contributed by atoms with E-state index in [1.807, 2.05) is 0 Å². The number of alkyl halides is 2. The van der Waals surface area contributed by atoms with Crippen LogP contribution in [0.2, 0.25) is 0 Å². The second-order valence-electron chi connectivity index (χ2n) is 4.00. The van der Waals surface area contributed by atoms with Crippen molar-refractivity contribution in [3.05, 3.63) is 29.8 Å². The fourth-order valence-corrected chi connectivity index (χ4v) is 2.08. The summed E-state index contributed by atoms with van der Waals surface area (Å²) >= 11 is 9.14. The first-order valence-electron chi connectivity index (χ1n) is 5.90. The van der Waals surface area contributed by atoms with Crippen molar-refractivity contribution in [1.82, 2.24) is 5.32 Å². The van der Waals surface area contributed by atoms with Crippen LogP contribution in [-0.2, 0) is 6.54 Å². The number of hydrogen-bond acceptors (Lipinski definition) is 2. The van der Waals surface area contributed by atoms with E-state index in [1.54, 1.807) is 0 Å². The van der Waals surface area contributed by atoms with Crippen LogP contribution in [0.5, 0.6) is 0 Å². The molecule has 0 bridgehead atoms. The van der Waals surface area contributed by atoms with E-state index in [0.29, 0.717) is 5.88 Å². The molecule has 0 aliphatic heterocycles. The molecular formula is C13H20BrClN2. The van der Waals surface area contributed by atoms with Crippen molar-refractivity contribution in [1.29, 1.82) is 0 Å². The van der Waals surface area contributed by atoms with Gasteiger partial charge in [-0.3, -0.25) is 0 Å². The summed E-state index contributed by atoms with van der Waals surface area (Å²) in [6.07, 6.45) is 1.16. The van der Waals surface area contributed by atoms with Gasteiger partial charge in [0.15, 0.2) is 0 Å². The van der Waals surface area contributed by atoms with E-state index < -0.39 is 0 Å². The molecule has 0 radical (unpaired) electrons. The van der Waals surface area contributed by atoms with Crippen LogP contribution in [0.3, 0.4) is 0 Å². The Morgan fingerprint density at radius 3 is 2.59 bits per heavy atom. The number of halogens is 2. The first-order valence-corrected chi connectivity index (χ1v) is 7.56. The van der Waals surface area contributed by atoms with Gasteiger partial charge in [-0.25, -0.2) is 0 Å². The number of nitrogens with zero attached hydrogens (tertiary/aromatic N) is 1. The number of rotatable bonds is 8. The molecule has 0 saturated heterocycles. The zero-order valence-corrected chi connectivity index (χ0v) is 12.6. The predicted molar refractivity (Wildman–Crippen MR) is 80.5 cm³/mol. The Morgan fingerprint density at radius 2 is 2.00 bits per heavy atom. The maximum atomic E-state index is 5.72. The summed E-state index contributed by atoms with van der Waals surface area (Å²) in [4.78, 5) is 2.16. The van der Waals surface area contributed by atoms with Crippen LogP contribution in [0.15, 0.2) is 24.3 Å². The van der Waals surface area contributed by atoms with Crippen LogP contribution in [0.1, 0.15) is 12.0 Å². The summed E-state index contributed by atoms with van der Waals surface area (Å²) in [5.41, 5.74) is 2.54. The molecule has 0 atom stereocenters. The number of benzene rings is 1. The van der Waals surface area contributed by atoms with Crippen LogP contribution in [0, 0.1) is 0 Å². The van der Waals surface area contributed by atoms with Gasteiger partial charge in [-0.1, -0.05) is 28.1 Å². The lowest BCUT2D eigenvalue weighted by molar-refractivity contribution is 0.680. The number of hydrogen-bond donors (Lipinski definition) is 1. The maximum Gasteiger partial charge on any atom is 0.0399 e. The summed E-state index contributed by atoms with van der Waals surface area (Å²) in [7, 11) is 2.06. The number of nitrogens with one attached hydrogen (secondary N) is 1. The van der Waals surface area contributed by atoms with Crippen molar-refractivity contribution in [3.63, 3.8) is 0 Å². The second kappa shape index (κ2) is 8.78. The molecule has 1 rings (SSSR count). The van der Waals surface area contributed by atoms with E-state index in [4.69, 9.17) is 11.6 Å². The van der Waals surface area contributed by atoms with Gasteiger partial charge in [0.25, 0.3) is 0 Å². The topological polar surface area (TPSA) is 15.3 Å². The Kier molecular flexibility index (Phi) is 7.65. The largest absolute Gasteiger partial charge is 0.373 e. The molecule has 1 aromatic carbocycles. The highest BCUT2D eigenvalue weighted by Crippen LogP contribution is 2.13. The van der Waals surface area contributed by atoms with E-state index in [9.17, 15) is 0 Å². The molecule has 17 heavy (non-hydrogen) atoms. The minimum Gasteiger partial charge on any atom is -0.373 e. The highest BCUT2D eigenvalue weighted by molar-refractivity contribution is 9.09. The predicted octanol–water partition coefficient (Wildman–Crippen LogP) is 3.24. The van der Waals surface area contributed by atoms with Gasteiger partial charge >= 0.3 is 0 Å². The summed E-state index contributed by atoms with van der Waals surface area (Å²) in [5.74, 6) is 0.659. The maximum absolute atomic E-state index is 5.72. The Balaban J connectivity index is 2.39. The number of anilines is 1. The highest BCUT2D eigenvalue weighted by atomic mass is 79.9. The third-order valence-electron chi connectivity index (χ3n) is 2.61. The van der Waals surface area contributed by atoms with Crippen LogP contribution < -0.4 is 10.2 Å². The Bertz CT molecular complexity index is 303. The van der Waals surface area contributed by atoms with Crippen molar-refractivity contribution in [2.24, 2.45) is 0 Å². The van der Waals surface area contributed by atoms with Crippen LogP contribution in [-0.4, -0.2) is 31.3 Å². The van der Waals surface area contributed by atoms with Crippen molar-refractivity contribution in [3.8, 4) is 0 Å². The molecular weight excluding hydrogens is 300 g/mol. The monoisotopic (exact) mass is 318 g/mol. The van der Waals surface area contributed by atoms with Crippen molar-refractivity contribution >= 4 is 33.2 Å². The van der Waals surface area contributed by atoms with Crippen LogP contribution in [0.25, 0.3) is 0 Å². The smallest absolute Gasteiger partial charge is 0.0399 e. The molecule has 0 fully saturated rings. The average molecular weight is 320 g/mol. The van der Waals surface area contributed by atoms with Crippen molar-refractivity contribution < 1.29 is 0 Å². The molecule has 0 aliphatic carbocycles. The Morgan fingerprint density at radius 1 is 1.29 bits per heavy atom. The lowest BCUT2D eigenvalue weighted by Crippen LogP contribution is -2.19. The molecule has 0 spiro atoms. The Labute approximate surface area is 117 Å². The van der Waals surface area contributed by atoms with Gasteiger partial charge in [0.2, 0.25) is 0 Å². The third-order valence-corrected chi connectivity index (χ3v) is 3.34. The van der Waals surface area contributed by atoms with E-state index in [1.165, 1.54) is 11.3 Å². The fourth-order valence-electron chi connectivity index (χ4n) is 1.55. The van der Waals surface area contributed by atoms with E-state index in [2.05, 4.69) is 57.5 Å². The van der Waals surface area contributed by atoms with Gasteiger partial charge in [-0.15, -0.1) is 11.6 Å². The molecule has 0 heterocycles. The minimum atomic E-state index is 0.659. The third kappa shape index (κ3) is 5.75. The van der Waals surface area contributed by atoms with Crippen molar-refractivity contribution in [2.75, 3.05) is 36.2 Å². The summed E-state index contributed by atoms with van der Waals surface area (Å²) in [6, 6.07) is 8.63. The highest BCUT2D eigenvalue weighted by Gasteiger charge is 1.99. The van der Waals surface area contributed by atoms with E-state index in [-0.39, 0.29) is 0 Å². The standard InChI is InChI=1S/C13H20BrClN2/c1-17(10-8-15)13-5-3-12(4-6-13)11-16-9-2-7-14/h3-6,16H,2,7-11H2,1H3. The quantitative estimate of drug-likeness (QED) is 0.584. The first kappa shape index (κ1) is 14.8.